The molecule has 0 saturated heterocycles. The van der Waals surface area contributed by atoms with E-state index in [1.54, 1.807) is 0 Å². The van der Waals surface area contributed by atoms with Crippen molar-refractivity contribution in [3.63, 3.8) is 0 Å². The van der Waals surface area contributed by atoms with Crippen LogP contribution in [0.5, 0.6) is 0 Å². The van der Waals surface area contributed by atoms with Gasteiger partial charge in [-0.25, -0.2) is 0 Å². The van der Waals surface area contributed by atoms with Gasteiger partial charge < -0.3 is 10.2 Å². The lowest BCUT2D eigenvalue weighted by molar-refractivity contribution is -0.145. The van der Waals surface area contributed by atoms with Crippen LogP contribution >= 0.6 is 11.8 Å². The highest BCUT2D eigenvalue weighted by molar-refractivity contribution is 8.00. The summed E-state index contributed by atoms with van der Waals surface area (Å²) in [6, 6.07) is 0.150. The van der Waals surface area contributed by atoms with E-state index in [1.807, 2.05) is 20.8 Å². The van der Waals surface area contributed by atoms with Crippen LogP contribution in [0.4, 0.5) is 0 Å². The minimum absolute atomic E-state index is 0.0847. The van der Waals surface area contributed by atoms with Crippen LogP contribution in [-0.4, -0.2) is 45.4 Å². The molecule has 1 fully saturated rings. The number of carbonyl (C=O) groups is 1. The Morgan fingerprint density at radius 2 is 2.06 bits per heavy atom. The van der Waals surface area contributed by atoms with E-state index >= 15 is 0 Å². The fourth-order valence-electron chi connectivity index (χ4n) is 1.99. The molecule has 0 bridgehead atoms. The summed E-state index contributed by atoms with van der Waals surface area (Å²) < 4.78 is 0. The number of hydrogen-bond acceptors (Lipinski definition) is 4. The number of carboxylic acids is 1. The Morgan fingerprint density at radius 1 is 1.47 bits per heavy atom. The number of aliphatic carboxylic acids is 1. The average molecular weight is 261 g/mol. The Morgan fingerprint density at radius 3 is 2.41 bits per heavy atom. The zero-order chi connectivity index (χ0) is 13.1. The van der Waals surface area contributed by atoms with Crippen molar-refractivity contribution >= 4 is 17.7 Å². The first kappa shape index (κ1) is 14.8. The van der Waals surface area contributed by atoms with Crippen LogP contribution in [0.1, 0.15) is 33.6 Å². The van der Waals surface area contributed by atoms with Gasteiger partial charge in [0.1, 0.15) is 5.54 Å². The monoisotopic (exact) mass is 261 g/mol. The molecule has 1 aliphatic carbocycles. The number of thioether (sulfide) groups is 1. The largest absolute Gasteiger partial charge is 0.480 e. The van der Waals surface area contributed by atoms with E-state index in [9.17, 15) is 9.90 Å². The van der Waals surface area contributed by atoms with Crippen molar-refractivity contribution in [1.82, 2.24) is 5.32 Å². The molecule has 1 saturated carbocycles. The first-order valence-corrected chi connectivity index (χ1v) is 7.20. The zero-order valence-corrected chi connectivity index (χ0v) is 11.6. The van der Waals surface area contributed by atoms with Crippen LogP contribution in [0.25, 0.3) is 0 Å². The second-order valence-electron chi connectivity index (χ2n) is 5.15. The fraction of sp³-hybridized carbons (Fsp3) is 0.917. The van der Waals surface area contributed by atoms with Crippen molar-refractivity contribution < 1.29 is 15.0 Å². The van der Waals surface area contributed by atoms with E-state index in [0.29, 0.717) is 5.75 Å². The van der Waals surface area contributed by atoms with Gasteiger partial charge in [0.15, 0.2) is 0 Å². The molecule has 0 spiro atoms. The lowest BCUT2D eigenvalue weighted by Gasteiger charge is -2.33. The Kier molecular flexibility index (Phi) is 5.28. The van der Waals surface area contributed by atoms with Crippen LogP contribution in [0.2, 0.25) is 0 Å². The lowest BCUT2D eigenvalue weighted by Crippen LogP contribution is -2.58. The first-order chi connectivity index (χ1) is 7.92. The van der Waals surface area contributed by atoms with Crippen LogP contribution in [0.3, 0.4) is 0 Å². The maximum absolute atomic E-state index is 11.6. The molecule has 0 radical (unpaired) electrons. The third-order valence-corrected chi connectivity index (χ3v) is 4.39. The summed E-state index contributed by atoms with van der Waals surface area (Å²) >= 11 is 1.53. The van der Waals surface area contributed by atoms with Crippen molar-refractivity contribution in [1.29, 1.82) is 0 Å². The van der Waals surface area contributed by atoms with E-state index < -0.39 is 11.5 Å². The molecule has 0 amide bonds. The lowest BCUT2D eigenvalue weighted by atomic mass is 9.94. The molecule has 0 aromatic heterocycles. The van der Waals surface area contributed by atoms with E-state index in [1.165, 1.54) is 11.8 Å². The summed E-state index contributed by atoms with van der Waals surface area (Å²) in [7, 11) is 0. The van der Waals surface area contributed by atoms with Crippen molar-refractivity contribution in [3.8, 4) is 0 Å². The van der Waals surface area contributed by atoms with Crippen LogP contribution in [0, 0.1) is 5.92 Å². The molecule has 1 rings (SSSR count). The molecule has 0 aliphatic heterocycles. The van der Waals surface area contributed by atoms with Crippen molar-refractivity contribution in [3.05, 3.63) is 0 Å². The SMILES string of the molecule is CC(C)NC(CSC(C)CO)(C(=O)O)C1CC1. The number of aliphatic hydroxyl groups is 1. The smallest absolute Gasteiger partial charge is 0.325 e. The Labute approximate surface area is 107 Å². The maximum Gasteiger partial charge on any atom is 0.325 e. The summed E-state index contributed by atoms with van der Waals surface area (Å²) in [6.45, 7) is 5.95. The molecular weight excluding hydrogens is 238 g/mol. The second kappa shape index (κ2) is 6.07. The number of nitrogens with one attached hydrogen (secondary N) is 1. The molecule has 2 unspecified atom stereocenters. The molecule has 100 valence electrons. The van der Waals surface area contributed by atoms with E-state index in [4.69, 9.17) is 5.11 Å². The van der Waals surface area contributed by atoms with E-state index in [-0.39, 0.29) is 23.8 Å². The number of aliphatic hydroxyl groups excluding tert-OH is 1. The van der Waals surface area contributed by atoms with Gasteiger partial charge in [-0.2, -0.15) is 11.8 Å². The predicted molar refractivity (Wildman–Crippen MR) is 70.4 cm³/mol. The molecule has 4 nitrogen and oxygen atoms in total. The molecule has 0 aromatic rings. The highest BCUT2D eigenvalue weighted by Gasteiger charge is 2.51. The van der Waals surface area contributed by atoms with Crippen molar-refractivity contribution in [2.24, 2.45) is 5.92 Å². The number of hydrogen-bond donors (Lipinski definition) is 3. The molecule has 2 atom stereocenters. The number of rotatable bonds is 8. The maximum atomic E-state index is 11.6. The molecule has 0 heterocycles. The van der Waals surface area contributed by atoms with Crippen LogP contribution < -0.4 is 5.32 Å². The minimum atomic E-state index is -0.817. The van der Waals surface area contributed by atoms with Gasteiger partial charge in [0.2, 0.25) is 0 Å². The summed E-state index contributed by atoms with van der Waals surface area (Å²) in [6.07, 6.45) is 1.97. The standard InChI is InChI=1S/C12H23NO3S/c1-8(2)13-12(11(15)16,10-4-5-10)7-17-9(3)6-14/h8-10,13-14H,4-7H2,1-3H3,(H,15,16). The third kappa shape index (κ3) is 3.86. The normalized spacial score (nSPS) is 21.2. The van der Waals surface area contributed by atoms with Gasteiger partial charge >= 0.3 is 5.97 Å². The molecule has 1 aliphatic rings. The molecule has 5 heteroatoms. The van der Waals surface area contributed by atoms with E-state index in [2.05, 4.69) is 5.32 Å². The molecule has 0 aromatic carbocycles. The minimum Gasteiger partial charge on any atom is -0.480 e. The second-order valence-corrected chi connectivity index (χ2v) is 6.58. The first-order valence-electron chi connectivity index (χ1n) is 6.16. The fourth-order valence-corrected chi connectivity index (χ4v) is 3.09. The van der Waals surface area contributed by atoms with Gasteiger partial charge in [0.05, 0.1) is 6.61 Å². The molecular formula is C12H23NO3S. The summed E-state index contributed by atoms with van der Waals surface area (Å²) in [5.41, 5.74) is -0.817. The van der Waals surface area contributed by atoms with Crippen LogP contribution in [0.15, 0.2) is 0 Å². The Balaban J connectivity index is 2.72. The van der Waals surface area contributed by atoms with Gasteiger partial charge in [0, 0.05) is 17.0 Å². The average Bonchev–Trinajstić information content (AvgIpc) is 3.06. The quantitative estimate of drug-likeness (QED) is 0.615. The topological polar surface area (TPSA) is 69.6 Å². The highest BCUT2D eigenvalue weighted by Crippen LogP contribution is 2.42. The molecule has 3 N–H and O–H groups in total. The van der Waals surface area contributed by atoms with Gasteiger partial charge in [0.25, 0.3) is 0 Å². The zero-order valence-electron chi connectivity index (χ0n) is 10.8. The van der Waals surface area contributed by atoms with Gasteiger partial charge in [-0.15, -0.1) is 0 Å². The van der Waals surface area contributed by atoms with Gasteiger partial charge in [-0.1, -0.05) is 6.92 Å². The van der Waals surface area contributed by atoms with Crippen LogP contribution in [-0.2, 0) is 4.79 Å². The highest BCUT2D eigenvalue weighted by atomic mass is 32.2. The molecule has 17 heavy (non-hydrogen) atoms. The summed E-state index contributed by atoms with van der Waals surface area (Å²) in [5.74, 6) is -0.000433. The Hall–Kier alpha value is -0.260. The van der Waals surface area contributed by atoms with Gasteiger partial charge in [-0.05, 0) is 32.6 Å². The van der Waals surface area contributed by atoms with E-state index in [0.717, 1.165) is 12.8 Å². The van der Waals surface area contributed by atoms with Crippen molar-refractivity contribution in [2.75, 3.05) is 12.4 Å². The van der Waals surface area contributed by atoms with Crippen molar-refractivity contribution in [2.45, 2.75) is 50.4 Å². The number of carboxylic acid groups (broad SMARTS) is 1. The summed E-state index contributed by atoms with van der Waals surface area (Å²) in [4.78, 5) is 11.6. The Bertz CT molecular complexity index is 268. The summed E-state index contributed by atoms with van der Waals surface area (Å²) in [5, 5.41) is 21.9. The third-order valence-electron chi connectivity index (χ3n) is 3.05. The predicted octanol–water partition coefficient (Wildman–Crippen LogP) is 1.33. The van der Waals surface area contributed by atoms with Gasteiger partial charge in [-0.3, -0.25) is 10.1 Å².